The van der Waals surface area contributed by atoms with Gasteiger partial charge >= 0.3 is 0 Å². The van der Waals surface area contributed by atoms with E-state index in [0.29, 0.717) is 23.6 Å². The first-order chi connectivity index (χ1) is 12.9. The Hall–Kier alpha value is -2.69. The molecular formula is C22H26N4O. The summed E-state index contributed by atoms with van der Waals surface area (Å²) in [5, 5.41) is 2.91. The number of nitrogens with one attached hydrogen (secondary N) is 2. The van der Waals surface area contributed by atoms with Gasteiger partial charge in [-0.2, -0.15) is 0 Å². The molecule has 5 nitrogen and oxygen atoms in total. The van der Waals surface area contributed by atoms with Gasteiger partial charge in [-0.3, -0.25) is 14.8 Å². The Balaban J connectivity index is 1.53. The van der Waals surface area contributed by atoms with Crippen molar-refractivity contribution in [2.75, 3.05) is 0 Å². The van der Waals surface area contributed by atoms with Crippen LogP contribution in [0.15, 0.2) is 36.5 Å². The number of carbonyl (C=O) groups excluding carboxylic acids is 1. The van der Waals surface area contributed by atoms with Crippen molar-refractivity contribution in [3.05, 3.63) is 59.2 Å². The van der Waals surface area contributed by atoms with Crippen molar-refractivity contribution in [1.29, 1.82) is 0 Å². The number of H-pyrrole nitrogens is 1. The molecule has 2 N–H and O–H groups in total. The minimum Gasteiger partial charge on any atom is -0.349 e. The average molecular weight is 362 g/mol. The van der Waals surface area contributed by atoms with Gasteiger partial charge in [-0.15, -0.1) is 0 Å². The molecule has 0 saturated carbocycles. The van der Waals surface area contributed by atoms with Crippen LogP contribution < -0.4 is 5.32 Å². The molecule has 0 radical (unpaired) electrons. The van der Waals surface area contributed by atoms with Crippen LogP contribution in [0.1, 0.15) is 54.6 Å². The summed E-state index contributed by atoms with van der Waals surface area (Å²) in [7, 11) is 0. The van der Waals surface area contributed by atoms with Crippen LogP contribution in [0, 0.1) is 11.3 Å². The number of hydrogen-bond donors (Lipinski definition) is 2. The summed E-state index contributed by atoms with van der Waals surface area (Å²) in [6, 6.07) is 9.70. The Morgan fingerprint density at radius 2 is 2.15 bits per heavy atom. The molecule has 5 heteroatoms. The number of nitrogens with zero attached hydrogens (tertiary/aromatic N) is 2. The summed E-state index contributed by atoms with van der Waals surface area (Å²) in [6.45, 7) is 7.35. The van der Waals surface area contributed by atoms with Gasteiger partial charge in [0.2, 0.25) is 0 Å². The largest absolute Gasteiger partial charge is 0.349 e. The highest BCUT2D eigenvalue weighted by Gasteiger charge is 2.29. The van der Waals surface area contributed by atoms with Crippen LogP contribution in [0.3, 0.4) is 0 Å². The summed E-state index contributed by atoms with van der Waals surface area (Å²) >= 11 is 0. The summed E-state index contributed by atoms with van der Waals surface area (Å²) in [6.07, 6.45) is 4.97. The van der Waals surface area contributed by atoms with Gasteiger partial charge in [-0.1, -0.05) is 26.8 Å². The first-order valence-electron chi connectivity index (χ1n) is 9.60. The fourth-order valence-corrected chi connectivity index (χ4v) is 3.84. The standard InChI is InChI=1S/C22H26N4O/c1-22(2,3)15-7-8-17-14(10-15)11-18-19(25-17)12-20(26-18)21(27)24-13-16-6-4-5-9-23-16/h4-6,9,11-12,15,26H,7-8,10,13H2,1-3H3,(H,24,27). The van der Waals surface area contributed by atoms with E-state index in [2.05, 4.69) is 42.1 Å². The van der Waals surface area contributed by atoms with Crippen LogP contribution in [-0.4, -0.2) is 20.9 Å². The maximum atomic E-state index is 12.5. The lowest BCUT2D eigenvalue weighted by Gasteiger charge is -2.34. The Morgan fingerprint density at radius 3 is 2.89 bits per heavy atom. The molecular weight excluding hydrogens is 336 g/mol. The Bertz CT molecular complexity index is 969. The number of hydrogen-bond acceptors (Lipinski definition) is 3. The van der Waals surface area contributed by atoms with Crippen LogP contribution in [0.4, 0.5) is 0 Å². The van der Waals surface area contributed by atoms with E-state index in [1.807, 2.05) is 24.3 Å². The minimum absolute atomic E-state index is 0.135. The number of aromatic amines is 1. The van der Waals surface area contributed by atoms with Crippen LogP contribution in [0.5, 0.6) is 0 Å². The molecule has 0 bridgehead atoms. The van der Waals surface area contributed by atoms with E-state index in [-0.39, 0.29) is 5.91 Å². The molecule has 1 aliphatic rings. The number of rotatable bonds is 3. The third kappa shape index (κ3) is 3.72. The second-order valence-corrected chi connectivity index (χ2v) is 8.52. The van der Waals surface area contributed by atoms with Crippen molar-refractivity contribution in [1.82, 2.24) is 20.3 Å². The Morgan fingerprint density at radius 1 is 1.30 bits per heavy atom. The van der Waals surface area contributed by atoms with Crippen molar-refractivity contribution >= 4 is 16.9 Å². The highest BCUT2D eigenvalue weighted by molar-refractivity contribution is 5.97. The van der Waals surface area contributed by atoms with Gasteiger partial charge < -0.3 is 10.3 Å². The van der Waals surface area contributed by atoms with Gasteiger partial charge in [0, 0.05) is 11.9 Å². The molecule has 0 aliphatic heterocycles. The molecule has 0 fully saturated rings. The van der Waals surface area contributed by atoms with Gasteiger partial charge in [-0.05, 0) is 60.4 Å². The fraction of sp³-hybridized carbons (Fsp3) is 0.409. The van der Waals surface area contributed by atoms with E-state index >= 15 is 0 Å². The second-order valence-electron chi connectivity index (χ2n) is 8.52. The van der Waals surface area contributed by atoms with Crippen LogP contribution in [-0.2, 0) is 19.4 Å². The SMILES string of the molecule is CC(C)(C)C1CCc2nc3cc(C(=O)NCc4ccccn4)[nH]c3cc2C1. The van der Waals surface area contributed by atoms with E-state index in [1.54, 1.807) is 6.20 Å². The van der Waals surface area contributed by atoms with Gasteiger partial charge in [0.1, 0.15) is 5.69 Å². The van der Waals surface area contributed by atoms with Gasteiger partial charge in [0.05, 0.1) is 23.3 Å². The minimum atomic E-state index is -0.135. The normalized spacial score (nSPS) is 16.9. The molecule has 27 heavy (non-hydrogen) atoms. The number of pyridine rings is 2. The van der Waals surface area contributed by atoms with Crippen LogP contribution >= 0.6 is 0 Å². The van der Waals surface area contributed by atoms with E-state index in [0.717, 1.165) is 29.6 Å². The Kier molecular flexibility index (Phi) is 4.46. The van der Waals surface area contributed by atoms with E-state index in [9.17, 15) is 4.79 Å². The zero-order chi connectivity index (χ0) is 19.0. The highest BCUT2D eigenvalue weighted by atomic mass is 16.1. The molecule has 3 heterocycles. The van der Waals surface area contributed by atoms with Crippen LogP contribution in [0.2, 0.25) is 0 Å². The van der Waals surface area contributed by atoms with Crippen molar-refractivity contribution < 1.29 is 4.79 Å². The molecule has 1 unspecified atom stereocenters. The van der Waals surface area contributed by atoms with Crippen molar-refractivity contribution in [2.24, 2.45) is 11.3 Å². The number of amides is 1. The third-order valence-electron chi connectivity index (χ3n) is 5.59. The molecule has 0 saturated heterocycles. The molecule has 0 aromatic carbocycles. The third-order valence-corrected chi connectivity index (χ3v) is 5.59. The zero-order valence-electron chi connectivity index (χ0n) is 16.2. The van der Waals surface area contributed by atoms with Gasteiger partial charge in [-0.25, -0.2) is 0 Å². The van der Waals surface area contributed by atoms with Crippen molar-refractivity contribution in [2.45, 2.75) is 46.6 Å². The van der Waals surface area contributed by atoms with Crippen molar-refractivity contribution in [3.8, 4) is 0 Å². The summed E-state index contributed by atoms with van der Waals surface area (Å²) in [5.41, 5.74) is 5.99. The molecule has 3 aromatic heterocycles. The predicted octanol–water partition coefficient (Wildman–Crippen LogP) is 4.04. The molecule has 140 valence electrons. The van der Waals surface area contributed by atoms with Crippen LogP contribution in [0.25, 0.3) is 11.0 Å². The van der Waals surface area contributed by atoms with E-state index in [1.165, 1.54) is 17.7 Å². The molecule has 1 amide bonds. The quantitative estimate of drug-likeness (QED) is 0.739. The number of fused-ring (bicyclic) bond motifs is 2. The van der Waals surface area contributed by atoms with E-state index in [4.69, 9.17) is 4.98 Å². The number of carbonyl (C=O) groups is 1. The van der Waals surface area contributed by atoms with Crippen molar-refractivity contribution in [3.63, 3.8) is 0 Å². The maximum Gasteiger partial charge on any atom is 0.268 e. The van der Waals surface area contributed by atoms with E-state index < -0.39 is 0 Å². The zero-order valence-corrected chi connectivity index (χ0v) is 16.2. The lowest BCUT2D eigenvalue weighted by molar-refractivity contribution is 0.0946. The van der Waals surface area contributed by atoms with Gasteiger partial charge in [0.25, 0.3) is 5.91 Å². The average Bonchev–Trinajstić information content (AvgIpc) is 3.06. The first-order valence-corrected chi connectivity index (χ1v) is 9.60. The molecule has 3 aromatic rings. The fourth-order valence-electron chi connectivity index (χ4n) is 3.84. The molecule has 1 aliphatic carbocycles. The topological polar surface area (TPSA) is 70.7 Å². The summed E-state index contributed by atoms with van der Waals surface area (Å²) < 4.78 is 0. The molecule has 1 atom stereocenters. The molecule has 4 rings (SSSR count). The maximum absolute atomic E-state index is 12.5. The smallest absolute Gasteiger partial charge is 0.268 e. The molecule has 0 spiro atoms. The lowest BCUT2D eigenvalue weighted by Crippen LogP contribution is -2.27. The number of aryl methyl sites for hydroxylation is 1. The highest BCUT2D eigenvalue weighted by Crippen LogP contribution is 2.37. The lowest BCUT2D eigenvalue weighted by atomic mass is 9.71. The van der Waals surface area contributed by atoms with Gasteiger partial charge in [0.15, 0.2) is 0 Å². The summed E-state index contributed by atoms with van der Waals surface area (Å²) in [5.74, 6) is 0.532. The summed E-state index contributed by atoms with van der Waals surface area (Å²) in [4.78, 5) is 24.8. The predicted molar refractivity (Wildman–Crippen MR) is 106 cm³/mol. The number of aromatic nitrogens is 3. The monoisotopic (exact) mass is 362 g/mol. The Labute approximate surface area is 159 Å². The second kappa shape index (κ2) is 6.80. The first kappa shape index (κ1) is 17.7.